The number of anilines is 1. The lowest BCUT2D eigenvalue weighted by atomic mass is 9.90. The molecule has 1 aromatic carbocycles. The fourth-order valence-electron chi connectivity index (χ4n) is 3.76. The number of likely N-dealkylation sites (tertiary alicyclic amines) is 1. The molecule has 0 saturated carbocycles. The minimum absolute atomic E-state index is 0.109. The predicted molar refractivity (Wildman–Crippen MR) is 106 cm³/mol. The SMILES string of the molecule is O=C(Cc1csc(N2CCNC2=O)n1)N1CCC(Cc2ccccc2)CC1. The smallest absolute Gasteiger partial charge is 0.323 e. The highest BCUT2D eigenvalue weighted by molar-refractivity contribution is 7.14. The van der Waals surface area contributed by atoms with E-state index in [0.29, 0.717) is 30.6 Å². The van der Waals surface area contributed by atoms with E-state index in [9.17, 15) is 9.59 Å². The Hall–Kier alpha value is -2.41. The first-order chi connectivity index (χ1) is 13.2. The van der Waals surface area contributed by atoms with Crippen LogP contribution in [0.3, 0.4) is 0 Å². The molecule has 2 fully saturated rings. The summed E-state index contributed by atoms with van der Waals surface area (Å²) in [6, 6.07) is 10.5. The summed E-state index contributed by atoms with van der Waals surface area (Å²) in [4.78, 5) is 32.4. The lowest BCUT2D eigenvalue weighted by Gasteiger charge is -2.32. The number of nitrogens with one attached hydrogen (secondary N) is 1. The van der Waals surface area contributed by atoms with Crippen molar-refractivity contribution in [2.24, 2.45) is 5.92 Å². The van der Waals surface area contributed by atoms with E-state index < -0.39 is 0 Å². The highest BCUT2D eigenvalue weighted by Crippen LogP contribution is 2.24. The molecule has 27 heavy (non-hydrogen) atoms. The Morgan fingerprint density at radius 2 is 1.96 bits per heavy atom. The second kappa shape index (κ2) is 8.08. The molecular weight excluding hydrogens is 360 g/mol. The lowest BCUT2D eigenvalue weighted by molar-refractivity contribution is -0.131. The maximum Gasteiger partial charge on any atom is 0.323 e. The fraction of sp³-hybridized carbons (Fsp3) is 0.450. The van der Waals surface area contributed by atoms with Crippen LogP contribution in [0.1, 0.15) is 24.1 Å². The molecule has 0 bridgehead atoms. The van der Waals surface area contributed by atoms with E-state index in [0.717, 1.165) is 38.0 Å². The van der Waals surface area contributed by atoms with E-state index >= 15 is 0 Å². The minimum atomic E-state index is -0.109. The molecule has 2 aliphatic rings. The topological polar surface area (TPSA) is 65.5 Å². The largest absolute Gasteiger partial charge is 0.342 e. The van der Waals surface area contributed by atoms with Gasteiger partial charge in [0, 0.05) is 31.6 Å². The molecular formula is C20H24N4O2S. The Morgan fingerprint density at radius 1 is 1.19 bits per heavy atom. The van der Waals surface area contributed by atoms with Crippen molar-refractivity contribution in [1.29, 1.82) is 0 Å². The average Bonchev–Trinajstić information content (AvgIpc) is 3.32. The molecule has 6 nitrogen and oxygen atoms in total. The molecule has 0 spiro atoms. The van der Waals surface area contributed by atoms with E-state index in [1.165, 1.54) is 16.9 Å². The molecule has 7 heteroatoms. The first-order valence-electron chi connectivity index (χ1n) is 9.50. The van der Waals surface area contributed by atoms with Gasteiger partial charge in [0.15, 0.2) is 5.13 Å². The molecule has 1 N–H and O–H groups in total. The number of carbonyl (C=O) groups is 2. The quantitative estimate of drug-likeness (QED) is 0.862. The van der Waals surface area contributed by atoms with Crippen molar-refractivity contribution in [2.45, 2.75) is 25.7 Å². The third kappa shape index (κ3) is 4.30. The third-order valence-electron chi connectivity index (χ3n) is 5.29. The van der Waals surface area contributed by atoms with Crippen molar-refractivity contribution in [1.82, 2.24) is 15.2 Å². The molecule has 2 aromatic rings. The van der Waals surface area contributed by atoms with Gasteiger partial charge in [-0.05, 0) is 30.7 Å². The minimum Gasteiger partial charge on any atom is -0.342 e. The summed E-state index contributed by atoms with van der Waals surface area (Å²) in [5.74, 6) is 0.784. The van der Waals surface area contributed by atoms with E-state index in [1.807, 2.05) is 16.3 Å². The number of benzene rings is 1. The monoisotopic (exact) mass is 384 g/mol. The number of rotatable bonds is 5. The number of carbonyl (C=O) groups excluding carboxylic acids is 2. The van der Waals surface area contributed by atoms with Crippen molar-refractivity contribution in [2.75, 3.05) is 31.1 Å². The van der Waals surface area contributed by atoms with Crippen LogP contribution in [0.2, 0.25) is 0 Å². The van der Waals surface area contributed by atoms with E-state index in [2.05, 4.69) is 34.6 Å². The van der Waals surface area contributed by atoms with Gasteiger partial charge in [0.05, 0.1) is 12.1 Å². The Balaban J connectivity index is 1.27. The summed E-state index contributed by atoms with van der Waals surface area (Å²) in [6.45, 7) is 2.92. The van der Waals surface area contributed by atoms with Crippen LogP contribution in [0.4, 0.5) is 9.93 Å². The van der Waals surface area contributed by atoms with Gasteiger partial charge >= 0.3 is 6.03 Å². The van der Waals surface area contributed by atoms with Crippen LogP contribution in [0, 0.1) is 5.92 Å². The maximum absolute atomic E-state index is 12.6. The summed E-state index contributed by atoms with van der Waals surface area (Å²) in [5, 5.41) is 5.33. The number of piperidine rings is 1. The number of thiazole rings is 1. The van der Waals surface area contributed by atoms with Gasteiger partial charge in [0.25, 0.3) is 0 Å². The maximum atomic E-state index is 12.6. The molecule has 0 atom stereocenters. The van der Waals surface area contributed by atoms with Crippen LogP contribution < -0.4 is 10.2 Å². The molecule has 3 amide bonds. The summed E-state index contributed by atoms with van der Waals surface area (Å²) in [5.41, 5.74) is 2.13. The Kier molecular flexibility index (Phi) is 5.38. The van der Waals surface area contributed by atoms with Crippen molar-refractivity contribution in [3.05, 3.63) is 47.0 Å². The van der Waals surface area contributed by atoms with Gasteiger partial charge in [-0.1, -0.05) is 30.3 Å². The van der Waals surface area contributed by atoms with E-state index in [-0.39, 0.29) is 11.9 Å². The fourth-order valence-corrected chi connectivity index (χ4v) is 4.61. The molecule has 0 unspecified atom stereocenters. The van der Waals surface area contributed by atoms with Crippen molar-refractivity contribution in [3.8, 4) is 0 Å². The Morgan fingerprint density at radius 3 is 2.67 bits per heavy atom. The van der Waals surface area contributed by atoms with Crippen LogP contribution in [0.25, 0.3) is 0 Å². The lowest BCUT2D eigenvalue weighted by Crippen LogP contribution is -2.39. The summed E-state index contributed by atoms with van der Waals surface area (Å²) in [6.07, 6.45) is 3.51. The van der Waals surface area contributed by atoms with Crippen LogP contribution in [-0.4, -0.2) is 48.0 Å². The molecule has 2 saturated heterocycles. The zero-order chi connectivity index (χ0) is 18.6. The highest BCUT2D eigenvalue weighted by Gasteiger charge is 2.26. The standard InChI is InChI=1S/C20H24N4O2S/c25-18(13-17-14-27-20(22-17)24-11-8-21-19(24)26)23-9-6-16(7-10-23)12-15-4-2-1-3-5-15/h1-5,14,16H,6-13H2,(H,21,26). The summed E-state index contributed by atoms with van der Waals surface area (Å²) >= 11 is 1.42. The number of aromatic nitrogens is 1. The molecule has 3 heterocycles. The molecule has 4 rings (SSSR count). The Labute approximate surface area is 163 Å². The predicted octanol–water partition coefficient (Wildman–Crippen LogP) is 2.70. The number of hydrogen-bond donors (Lipinski definition) is 1. The van der Waals surface area contributed by atoms with Crippen LogP contribution in [0.15, 0.2) is 35.7 Å². The number of hydrogen-bond acceptors (Lipinski definition) is 4. The average molecular weight is 385 g/mol. The first-order valence-corrected chi connectivity index (χ1v) is 10.4. The zero-order valence-corrected chi connectivity index (χ0v) is 16.1. The number of nitrogens with zero attached hydrogens (tertiary/aromatic N) is 3. The first kappa shape index (κ1) is 18.0. The van der Waals surface area contributed by atoms with Gasteiger partial charge in [-0.25, -0.2) is 9.78 Å². The van der Waals surface area contributed by atoms with E-state index in [1.54, 1.807) is 4.90 Å². The second-order valence-corrected chi connectivity index (χ2v) is 8.03. The molecule has 0 radical (unpaired) electrons. The van der Waals surface area contributed by atoms with Gasteiger partial charge in [-0.2, -0.15) is 0 Å². The summed E-state index contributed by atoms with van der Waals surface area (Å²) in [7, 11) is 0. The van der Waals surface area contributed by atoms with Crippen LogP contribution in [0.5, 0.6) is 0 Å². The third-order valence-corrected chi connectivity index (χ3v) is 6.21. The number of urea groups is 1. The van der Waals surface area contributed by atoms with Crippen LogP contribution >= 0.6 is 11.3 Å². The van der Waals surface area contributed by atoms with Crippen LogP contribution in [-0.2, 0) is 17.6 Å². The Bertz CT molecular complexity index is 799. The van der Waals surface area contributed by atoms with E-state index in [4.69, 9.17) is 0 Å². The second-order valence-electron chi connectivity index (χ2n) is 7.20. The van der Waals surface area contributed by atoms with Gasteiger partial charge in [0.2, 0.25) is 5.91 Å². The van der Waals surface area contributed by atoms with Gasteiger partial charge in [-0.3, -0.25) is 9.69 Å². The normalized spacial score (nSPS) is 18.0. The van der Waals surface area contributed by atoms with Gasteiger partial charge in [0.1, 0.15) is 0 Å². The van der Waals surface area contributed by atoms with Crippen molar-refractivity contribution < 1.29 is 9.59 Å². The number of amides is 3. The van der Waals surface area contributed by atoms with Crippen molar-refractivity contribution in [3.63, 3.8) is 0 Å². The van der Waals surface area contributed by atoms with Gasteiger partial charge < -0.3 is 10.2 Å². The molecule has 142 valence electrons. The summed E-state index contributed by atoms with van der Waals surface area (Å²) < 4.78 is 0. The zero-order valence-electron chi connectivity index (χ0n) is 15.3. The molecule has 1 aromatic heterocycles. The molecule has 2 aliphatic heterocycles. The molecule has 0 aliphatic carbocycles. The van der Waals surface area contributed by atoms with Gasteiger partial charge in [-0.15, -0.1) is 11.3 Å². The van der Waals surface area contributed by atoms with Crippen molar-refractivity contribution >= 4 is 28.4 Å². The highest BCUT2D eigenvalue weighted by atomic mass is 32.1.